The van der Waals surface area contributed by atoms with Gasteiger partial charge in [0.15, 0.2) is 0 Å². The smallest absolute Gasteiger partial charge is 0.335 e. The van der Waals surface area contributed by atoms with Crippen molar-refractivity contribution >= 4 is 17.6 Å². The van der Waals surface area contributed by atoms with Gasteiger partial charge in [-0.05, 0) is 19.1 Å². The fraction of sp³-hybridized carbons (Fsp3) is 0.385. The number of hydrogen-bond donors (Lipinski definition) is 3. The Morgan fingerprint density at radius 2 is 1.90 bits per heavy atom. The van der Waals surface area contributed by atoms with Gasteiger partial charge in [-0.1, -0.05) is 0 Å². The number of carboxylic acid groups (broad SMARTS) is 1. The van der Waals surface area contributed by atoms with Crippen molar-refractivity contribution in [1.82, 2.24) is 5.32 Å². The van der Waals surface area contributed by atoms with E-state index in [1.54, 1.807) is 0 Å². The Bertz CT molecular complexity index is 514. The molecule has 1 aromatic carbocycles. The number of amides is 1. The van der Waals surface area contributed by atoms with Crippen molar-refractivity contribution in [3.05, 3.63) is 29.3 Å². The van der Waals surface area contributed by atoms with E-state index in [0.717, 1.165) is 0 Å². The minimum absolute atomic E-state index is 0.268. The number of carbonyl (C=O) groups excluding carboxylic acids is 1. The van der Waals surface area contributed by atoms with E-state index in [-0.39, 0.29) is 6.54 Å². The summed E-state index contributed by atoms with van der Waals surface area (Å²) in [6, 6.07) is 0.466. The van der Waals surface area contributed by atoms with Crippen molar-refractivity contribution in [3.63, 3.8) is 0 Å². The largest absolute Gasteiger partial charge is 0.478 e. The van der Waals surface area contributed by atoms with Gasteiger partial charge in [-0.3, -0.25) is 4.79 Å². The van der Waals surface area contributed by atoms with Gasteiger partial charge >= 0.3 is 5.97 Å². The monoisotopic (exact) mass is 302 g/mol. The molecule has 1 unspecified atom stereocenters. The topological polar surface area (TPSA) is 87.7 Å². The number of anilines is 1. The Morgan fingerprint density at radius 1 is 1.33 bits per heavy atom. The minimum atomic E-state index is -1.44. The molecular formula is C13H16F2N2O4. The molecule has 1 rings (SSSR count). The van der Waals surface area contributed by atoms with E-state index in [4.69, 9.17) is 9.84 Å². The van der Waals surface area contributed by atoms with Crippen LogP contribution < -0.4 is 10.6 Å². The molecule has 0 radical (unpaired) electrons. The second-order valence-electron chi connectivity index (χ2n) is 4.27. The van der Waals surface area contributed by atoms with E-state index < -0.39 is 40.8 Å². The van der Waals surface area contributed by atoms with Crippen molar-refractivity contribution in [3.8, 4) is 0 Å². The molecule has 0 aliphatic heterocycles. The van der Waals surface area contributed by atoms with Crippen molar-refractivity contribution in [1.29, 1.82) is 0 Å². The Labute approximate surface area is 120 Å². The van der Waals surface area contributed by atoms with Crippen LogP contribution in [0.15, 0.2) is 12.1 Å². The van der Waals surface area contributed by atoms with Crippen LogP contribution in [0.5, 0.6) is 0 Å². The average molecular weight is 302 g/mol. The van der Waals surface area contributed by atoms with Gasteiger partial charge in [0, 0.05) is 13.7 Å². The molecule has 0 aliphatic carbocycles. The molecule has 3 N–H and O–H groups in total. The highest BCUT2D eigenvalue weighted by atomic mass is 19.1. The Balaban J connectivity index is 2.78. The summed E-state index contributed by atoms with van der Waals surface area (Å²) in [6.45, 7) is 2.00. The lowest BCUT2D eigenvalue weighted by Crippen LogP contribution is -2.39. The molecule has 0 saturated heterocycles. The third-order valence-corrected chi connectivity index (χ3v) is 2.65. The normalized spacial score (nSPS) is 11.8. The predicted octanol–water partition coefficient (Wildman–Crippen LogP) is 1.23. The van der Waals surface area contributed by atoms with Crippen LogP contribution >= 0.6 is 0 Å². The van der Waals surface area contributed by atoms with E-state index in [2.05, 4.69) is 10.6 Å². The fourth-order valence-electron chi connectivity index (χ4n) is 1.55. The van der Waals surface area contributed by atoms with Gasteiger partial charge in [0.25, 0.3) is 0 Å². The third-order valence-electron chi connectivity index (χ3n) is 2.65. The second-order valence-corrected chi connectivity index (χ2v) is 4.27. The Morgan fingerprint density at radius 3 is 2.38 bits per heavy atom. The van der Waals surface area contributed by atoms with Crippen LogP contribution in [0.4, 0.5) is 14.5 Å². The molecule has 0 heterocycles. The number of ether oxygens (including phenoxy) is 1. The summed E-state index contributed by atoms with van der Waals surface area (Å²) in [6.07, 6.45) is 0. The average Bonchev–Trinajstić information content (AvgIpc) is 2.42. The van der Waals surface area contributed by atoms with Gasteiger partial charge in [0.1, 0.15) is 23.4 Å². The SMILES string of the molecule is COCCNC(=O)C(C)Nc1c(F)cc(C(=O)O)cc1F. The van der Waals surface area contributed by atoms with Gasteiger partial charge in [-0.25, -0.2) is 13.6 Å². The number of halogens is 2. The van der Waals surface area contributed by atoms with E-state index >= 15 is 0 Å². The standard InChI is InChI=1S/C13H16F2N2O4/c1-7(12(18)16-3-4-21-2)17-11-9(14)5-8(13(19)20)6-10(11)15/h5-7,17H,3-4H2,1-2H3,(H,16,18)(H,19,20). The molecule has 0 fully saturated rings. The lowest BCUT2D eigenvalue weighted by molar-refractivity contribution is -0.121. The van der Waals surface area contributed by atoms with Crippen molar-refractivity contribution in [2.24, 2.45) is 0 Å². The number of carboxylic acids is 1. The van der Waals surface area contributed by atoms with Crippen molar-refractivity contribution < 1.29 is 28.2 Å². The highest BCUT2D eigenvalue weighted by molar-refractivity contribution is 5.88. The van der Waals surface area contributed by atoms with E-state index in [9.17, 15) is 18.4 Å². The summed E-state index contributed by atoms with van der Waals surface area (Å²) >= 11 is 0. The highest BCUT2D eigenvalue weighted by Gasteiger charge is 2.19. The number of carbonyl (C=O) groups is 2. The molecule has 0 aromatic heterocycles. The van der Waals surface area contributed by atoms with Gasteiger partial charge < -0.3 is 20.5 Å². The molecule has 21 heavy (non-hydrogen) atoms. The van der Waals surface area contributed by atoms with Gasteiger partial charge in [-0.2, -0.15) is 0 Å². The third kappa shape index (κ3) is 4.67. The molecule has 1 amide bonds. The maximum Gasteiger partial charge on any atom is 0.335 e. The zero-order valence-electron chi connectivity index (χ0n) is 11.6. The van der Waals surface area contributed by atoms with E-state index in [1.165, 1.54) is 14.0 Å². The summed E-state index contributed by atoms with van der Waals surface area (Å²) in [5, 5.41) is 13.6. The number of rotatable bonds is 7. The quantitative estimate of drug-likeness (QED) is 0.659. The zero-order chi connectivity index (χ0) is 16.0. The van der Waals surface area contributed by atoms with Crippen molar-refractivity contribution in [2.45, 2.75) is 13.0 Å². The first-order valence-corrected chi connectivity index (χ1v) is 6.12. The number of nitrogens with one attached hydrogen (secondary N) is 2. The molecule has 1 aromatic rings. The van der Waals surface area contributed by atoms with Crippen LogP contribution in [0.3, 0.4) is 0 Å². The minimum Gasteiger partial charge on any atom is -0.478 e. The first-order chi connectivity index (χ1) is 9.86. The number of benzene rings is 1. The highest BCUT2D eigenvalue weighted by Crippen LogP contribution is 2.21. The lowest BCUT2D eigenvalue weighted by Gasteiger charge is -2.16. The summed E-state index contributed by atoms with van der Waals surface area (Å²) in [7, 11) is 1.47. The molecule has 0 saturated carbocycles. The Hall–Kier alpha value is -2.22. The number of aromatic carboxylic acids is 1. The van der Waals surface area contributed by atoms with Crippen LogP contribution in [0.2, 0.25) is 0 Å². The van der Waals surface area contributed by atoms with Crippen LogP contribution in [0.1, 0.15) is 17.3 Å². The van der Waals surface area contributed by atoms with E-state index in [1.807, 2.05) is 0 Å². The molecule has 8 heteroatoms. The van der Waals surface area contributed by atoms with Gasteiger partial charge in [0.2, 0.25) is 5.91 Å². The molecule has 1 atom stereocenters. The first kappa shape index (κ1) is 16.8. The maximum absolute atomic E-state index is 13.7. The zero-order valence-corrected chi connectivity index (χ0v) is 11.6. The van der Waals surface area contributed by atoms with Crippen molar-refractivity contribution in [2.75, 3.05) is 25.6 Å². The van der Waals surface area contributed by atoms with Crippen LogP contribution in [0.25, 0.3) is 0 Å². The fourth-order valence-corrected chi connectivity index (χ4v) is 1.55. The molecule has 0 spiro atoms. The molecule has 116 valence electrons. The van der Waals surface area contributed by atoms with E-state index in [0.29, 0.717) is 18.7 Å². The molecule has 6 nitrogen and oxygen atoms in total. The lowest BCUT2D eigenvalue weighted by atomic mass is 10.1. The molecule has 0 bridgehead atoms. The maximum atomic E-state index is 13.7. The first-order valence-electron chi connectivity index (χ1n) is 6.12. The predicted molar refractivity (Wildman–Crippen MR) is 71.3 cm³/mol. The molecular weight excluding hydrogens is 286 g/mol. The molecule has 0 aliphatic rings. The summed E-state index contributed by atoms with van der Waals surface area (Å²) < 4.78 is 32.1. The van der Waals surface area contributed by atoms with Crippen LogP contribution in [-0.2, 0) is 9.53 Å². The van der Waals surface area contributed by atoms with Crippen LogP contribution in [0, 0.1) is 11.6 Å². The summed E-state index contributed by atoms with van der Waals surface area (Å²) in [5.41, 5.74) is -1.05. The summed E-state index contributed by atoms with van der Waals surface area (Å²) in [4.78, 5) is 22.3. The number of hydrogen-bond acceptors (Lipinski definition) is 4. The second kappa shape index (κ2) is 7.53. The van der Waals surface area contributed by atoms with Gasteiger partial charge in [0.05, 0.1) is 12.2 Å². The van der Waals surface area contributed by atoms with Gasteiger partial charge in [-0.15, -0.1) is 0 Å². The van der Waals surface area contributed by atoms with Crippen LogP contribution in [-0.4, -0.2) is 43.3 Å². The Kier molecular flexibility index (Phi) is 6.04. The number of methoxy groups -OCH3 is 1. The summed E-state index contributed by atoms with van der Waals surface area (Å²) in [5.74, 6) is -4.06.